The molecule has 2 N–H and O–H groups in total. The monoisotopic (exact) mass is 378 g/mol. The SMILES string of the molecule is COc1cccc(N2C[C@H](C(=O)NCCc3nc4ccccc4[nH]3)CC2=O)c1. The Hall–Kier alpha value is -3.35. The molecule has 0 saturated carbocycles. The highest BCUT2D eigenvalue weighted by Crippen LogP contribution is 2.27. The maximum absolute atomic E-state index is 12.5. The predicted octanol–water partition coefficient (Wildman–Crippen LogP) is 2.28. The average molecular weight is 378 g/mol. The minimum absolute atomic E-state index is 0.0503. The van der Waals surface area contributed by atoms with E-state index in [4.69, 9.17) is 4.74 Å². The van der Waals surface area contributed by atoms with Crippen molar-refractivity contribution >= 4 is 28.5 Å². The summed E-state index contributed by atoms with van der Waals surface area (Å²) in [7, 11) is 1.59. The lowest BCUT2D eigenvalue weighted by Gasteiger charge is -2.17. The van der Waals surface area contributed by atoms with Crippen molar-refractivity contribution < 1.29 is 14.3 Å². The lowest BCUT2D eigenvalue weighted by molar-refractivity contribution is -0.126. The molecule has 1 saturated heterocycles. The molecule has 0 radical (unpaired) electrons. The zero-order chi connectivity index (χ0) is 19.5. The van der Waals surface area contributed by atoms with Crippen LogP contribution in [0.25, 0.3) is 11.0 Å². The quantitative estimate of drug-likeness (QED) is 0.689. The Bertz CT molecular complexity index is 981. The minimum Gasteiger partial charge on any atom is -0.497 e. The third-order valence-electron chi connectivity index (χ3n) is 4.96. The van der Waals surface area contributed by atoms with Crippen LogP contribution in [0.3, 0.4) is 0 Å². The first kappa shape index (κ1) is 18.0. The highest BCUT2D eigenvalue weighted by atomic mass is 16.5. The van der Waals surface area contributed by atoms with Gasteiger partial charge in [0.25, 0.3) is 0 Å². The van der Waals surface area contributed by atoms with Crippen LogP contribution in [-0.4, -0.2) is 42.0 Å². The van der Waals surface area contributed by atoms with E-state index in [-0.39, 0.29) is 24.2 Å². The van der Waals surface area contributed by atoms with E-state index in [0.29, 0.717) is 25.3 Å². The first-order chi connectivity index (χ1) is 13.6. The van der Waals surface area contributed by atoms with E-state index in [1.54, 1.807) is 18.1 Å². The number of rotatable bonds is 6. The van der Waals surface area contributed by atoms with Crippen LogP contribution in [0.15, 0.2) is 48.5 Å². The molecule has 1 fully saturated rings. The van der Waals surface area contributed by atoms with Crippen molar-refractivity contribution in [3.8, 4) is 5.75 Å². The molecule has 2 heterocycles. The number of amides is 2. The number of fused-ring (bicyclic) bond motifs is 1. The van der Waals surface area contributed by atoms with Gasteiger partial charge in [-0.25, -0.2) is 4.98 Å². The molecule has 7 nitrogen and oxygen atoms in total. The van der Waals surface area contributed by atoms with Crippen molar-refractivity contribution in [2.24, 2.45) is 5.92 Å². The Kier molecular flexibility index (Phi) is 4.97. The van der Waals surface area contributed by atoms with Crippen LogP contribution in [0.5, 0.6) is 5.75 Å². The third-order valence-corrected chi connectivity index (χ3v) is 4.96. The number of H-pyrrole nitrogens is 1. The Labute approximate surface area is 162 Å². The van der Waals surface area contributed by atoms with E-state index in [1.165, 1.54) is 0 Å². The Morgan fingerprint density at radius 2 is 2.14 bits per heavy atom. The molecule has 3 aromatic rings. The number of ether oxygens (including phenoxy) is 1. The van der Waals surface area contributed by atoms with Gasteiger partial charge in [-0.3, -0.25) is 9.59 Å². The Morgan fingerprint density at radius 1 is 1.29 bits per heavy atom. The van der Waals surface area contributed by atoms with Crippen LogP contribution >= 0.6 is 0 Å². The standard InChI is InChI=1S/C21H22N4O3/c1-28-16-6-4-5-15(12-16)25-13-14(11-20(25)26)21(27)22-10-9-19-23-17-7-2-3-8-18(17)24-19/h2-8,12,14H,9-11,13H2,1H3,(H,22,27)(H,23,24)/t14-/m1/s1. The summed E-state index contributed by atoms with van der Waals surface area (Å²) >= 11 is 0. The molecule has 1 aliphatic rings. The van der Waals surface area contributed by atoms with Crippen LogP contribution < -0.4 is 15.0 Å². The molecule has 1 aromatic heterocycles. The summed E-state index contributed by atoms with van der Waals surface area (Å²) < 4.78 is 5.21. The molecule has 2 amide bonds. The summed E-state index contributed by atoms with van der Waals surface area (Å²) in [5, 5.41) is 2.93. The minimum atomic E-state index is -0.352. The van der Waals surface area contributed by atoms with Crippen molar-refractivity contribution in [2.45, 2.75) is 12.8 Å². The number of nitrogens with zero attached hydrogens (tertiary/aromatic N) is 2. The molecule has 2 aromatic carbocycles. The number of para-hydroxylation sites is 2. The van der Waals surface area contributed by atoms with Gasteiger partial charge in [-0.1, -0.05) is 18.2 Å². The number of aromatic nitrogens is 2. The summed E-state index contributed by atoms with van der Waals surface area (Å²) in [6, 6.07) is 15.1. The van der Waals surface area contributed by atoms with Gasteiger partial charge in [0.1, 0.15) is 11.6 Å². The molecule has 0 unspecified atom stereocenters. The predicted molar refractivity (Wildman–Crippen MR) is 106 cm³/mol. The van der Waals surface area contributed by atoms with Crippen LogP contribution in [0.2, 0.25) is 0 Å². The van der Waals surface area contributed by atoms with E-state index >= 15 is 0 Å². The fraction of sp³-hybridized carbons (Fsp3) is 0.286. The van der Waals surface area contributed by atoms with E-state index in [9.17, 15) is 9.59 Å². The van der Waals surface area contributed by atoms with Crippen molar-refractivity contribution in [3.63, 3.8) is 0 Å². The molecular weight excluding hydrogens is 356 g/mol. The number of anilines is 1. The molecule has 1 atom stereocenters. The molecule has 144 valence electrons. The number of imidazole rings is 1. The fourth-order valence-corrected chi connectivity index (χ4v) is 3.48. The Morgan fingerprint density at radius 3 is 2.96 bits per heavy atom. The number of aromatic amines is 1. The van der Waals surface area contributed by atoms with Gasteiger partial charge < -0.3 is 19.9 Å². The largest absolute Gasteiger partial charge is 0.497 e. The van der Waals surface area contributed by atoms with Gasteiger partial charge in [0.15, 0.2) is 0 Å². The van der Waals surface area contributed by atoms with E-state index in [0.717, 1.165) is 22.5 Å². The van der Waals surface area contributed by atoms with Gasteiger partial charge in [-0.15, -0.1) is 0 Å². The topological polar surface area (TPSA) is 87.3 Å². The zero-order valence-corrected chi connectivity index (χ0v) is 15.6. The number of hydrogen-bond acceptors (Lipinski definition) is 4. The second kappa shape index (κ2) is 7.72. The average Bonchev–Trinajstić information content (AvgIpc) is 3.31. The molecule has 1 aliphatic heterocycles. The molecule has 28 heavy (non-hydrogen) atoms. The Balaban J connectivity index is 1.33. The van der Waals surface area contributed by atoms with Crippen LogP contribution in [0, 0.1) is 5.92 Å². The van der Waals surface area contributed by atoms with Gasteiger partial charge in [0.05, 0.1) is 24.1 Å². The van der Waals surface area contributed by atoms with Gasteiger partial charge in [0.2, 0.25) is 11.8 Å². The van der Waals surface area contributed by atoms with E-state index in [2.05, 4.69) is 15.3 Å². The smallest absolute Gasteiger partial charge is 0.227 e. The highest BCUT2D eigenvalue weighted by Gasteiger charge is 2.35. The summed E-state index contributed by atoms with van der Waals surface area (Å²) in [5.74, 6) is 1.01. The molecule has 4 rings (SSSR count). The summed E-state index contributed by atoms with van der Waals surface area (Å²) in [4.78, 5) is 34.3. The number of carbonyl (C=O) groups excluding carboxylic acids is 2. The first-order valence-electron chi connectivity index (χ1n) is 9.30. The number of methoxy groups -OCH3 is 1. The van der Waals surface area contributed by atoms with Crippen LogP contribution in [-0.2, 0) is 16.0 Å². The lowest BCUT2D eigenvalue weighted by atomic mass is 10.1. The number of carbonyl (C=O) groups is 2. The third kappa shape index (κ3) is 3.69. The number of nitrogens with one attached hydrogen (secondary N) is 2. The number of benzene rings is 2. The molecular formula is C21H22N4O3. The molecule has 0 spiro atoms. The maximum atomic E-state index is 12.5. The van der Waals surface area contributed by atoms with Gasteiger partial charge in [-0.05, 0) is 24.3 Å². The van der Waals surface area contributed by atoms with Crippen molar-refractivity contribution in [1.82, 2.24) is 15.3 Å². The number of hydrogen-bond donors (Lipinski definition) is 2. The van der Waals surface area contributed by atoms with E-state index in [1.807, 2.05) is 42.5 Å². The van der Waals surface area contributed by atoms with E-state index < -0.39 is 0 Å². The summed E-state index contributed by atoms with van der Waals surface area (Å²) in [6.45, 7) is 0.852. The second-order valence-electron chi connectivity index (χ2n) is 6.85. The van der Waals surface area contributed by atoms with Gasteiger partial charge in [-0.2, -0.15) is 0 Å². The molecule has 0 aliphatic carbocycles. The van der Waals surface area contributed by atoms with Crippen molar-refractivity contribution in [1.29, 1.82) is 0 Å². The van der Waals surface area contributed by atoms with Crippen molar-refractivity contribution in [2.75, 3.05) is 25.1 Å². The van der Waals surface area contributed by atoms with Gasteiger partial charge in [0, 0.05) is 37.7 Å². The van der Waals surface area contributed by atoms with Gasteiger partial charge >= 0.3 is 0 Å². The van der Waals surface area contributed by atoms with Crippen molar-refractivity contribution in [3.05, 3.63) is 54.4 Å². The zero-order valence-electron chi connectivity index (χ0n) is 15.6. The maximum Gasteiger partial charge on any atom is 0.227 e. The fourth-order valence-electron chi connectivity index (χ4n) is 3.48. The van der Waals surface area contributed by atoms with Crippen LogP contribution in [0.1, 0.15) is 12.2 Å². The highest BCUT2D eigenvalue weighted by molar-refractivity contribution is 6.00. The summed E-state index contributed by atoms with van der Waals surface area (Å²) in [6.07, 6.45) is 0.828. The molecule has 0 bridgehead atoms. The second-order valence-corrected chi connectivity index (χ2v) is 6.85. The molecule has 7 heteroatoms. The first-order valence-corrected chi connectivity index (χ1v) is 9.30. The lowest BCUT2D eigenvalue weighted by Crippen LogP contribution is -2.34. The van der Waals surface area contributed by atoms with Crippen LogP contribution in [0.4, 0.5) is 5.69 Å². The normalized spacial score (nSPS) is 16.5. The summed E-state index contributed by atoms with van der Waals surface area (Å²) in [5.41, 5.74) is 2.65.